The van der Waals surface area contributed by atoms with E-state index in [1.54, 1.807) is 6.26 Å². The van der Waals surface area contributed by atoms with Crippen LogP contribution in [-0.2, 0) is 25.2 Å². The highest BCUT2D eigenvalue weighted by Gasteiger charge is 2.37. The number of carbonyl (C=O) groups is 2. The van der Waals surface area contributed by atoms with Crippen molar-refractivity contribution in [3.8, 4) is 0 Å². The van der Waals surface area contributed by atoms with Gasteiger partial charge in [0.2, 0.25) is 0 Å². The van der Waals surface area contributed by atoms with Crippen molar-refractivity contribution in [1.29, 1.82) is 0 Å². The van der Waals surface area contributed by atoms with Crippen LogP contribution in [0.15, 0.2) is 58.8 Å². The Kier molecular flexibility index (Phi) is 6.37. The summed E-state index contributed by atoms with van der Waals surface area (Å²) in [5.74, 6) is -1.86. The zero-order chi connectivity index (χ0) is 20.2. The molecular weight excluding hydrogens is 383 g/mol. The first kappa shape index (κ1) is 20.6. The van der Waals surface area contributed by atoms with E-state index in [2.05, 4.69) is 4.74 Å². The number of methoxy groups -OCH3 is 2. The van der Waals surface area contributed by atoms with Gasteiger partial charge in [-0.1, -0.05) is 6.08 Å². The molecule has 9 heteroatoms. The zero-order valence-corrected chi connectivity index (χ0v) is 15.5. The van der Waals surface area contributed by atoms with Gasteiger partial charge in [0.1, 0.15) is 5.70 Å². The van der Waals surface area contributed by atoms with E-state index in [0.717, 1.165) is 36.9 Å². The summed E-state index contributed by atoms with van der Waals surface area (Å²) in [5, 5.41) is 0. The first-order valence-electron chi connectivity index (χ1n) is 7.54. The summed E-state index contributed by atoms with van der Waals surface area (Å²) in [5.41, 5.74) is -1.87. The SMILES string of the molecule is COC(=O)C1=C(C(=O)OC)N(c2ccc(SC)cc2C(F)(F)F)C=CC=C1. The molecule has 0 saturated heterocycles. The van der Waals surface area contributed by atoms with Gasteiger partial charge >= 0.3 is 18.1 Å². The maximum atomic E-state index is 13.7. The average Bonchev–Trinajstić information content (AvgIpc) is 2.88. The van der Waals surface area contributed by atoms with Crippen molar-refractivity contribution in [2.24, 2.45) is 0 Å². The second-order valence-electron chi connectivity index (χ2n) is 5.20. The highest BCUT2D eigenvalue weighted by atomic mass is 32.2. The van der Waals surface area contributed by atoms with Gasteiger partial charge in [0, 0.05) is 11.1 Å². The van der Waals surface area contributed by atoms with Crippen LogP contribution in [0, 0.1) is 0 Å². The van der Waals surface area contributed by atoms with Crippen molar-refractivity contribution in [3.05, 3.63) is 59.5 Å². The molecule has 0 atom stereocenters. The van der Waals surface area contributed by atoms with Crippen molar-refractivity contribution >= 4 is 29.4 Å². The maximum absolute atomic E-state index is 13.7. The summed E-state index contributed by atoms with van der Waals surface area (Å²) >= 11 is 1.15. The molecule has 1 aliphatic rings. The second-order valence-corrected chi connectivity index (χ2v) is 6.08. The third-order valence-electron chi connectivity index (χ3n) is 3.66. The van der Waals surface area contributed by atoms with Gasteiger partial charge in [-0.25, -0.2) is 9.59 Å². The smallest absolute Gasteiger partial charge is 0.418 e. The van der Waals surface area contributed by atoms with Crippen LogP contribution >= 0.6 is 11.8 Å². The summed E-state index contributed by atoms with van der Waals surface area (Å²) < 4.78 is 50.3. The molecule has 1 aromatic rings. The average molecular weight is 399 g/mol. The minimum atomic E-state index is -4.68. The number of hydrogen-bond acceptors (Lipinski definition) is 6. The van der Waals surface area contributed by atoms with Crippen molar-refractivity contribution < 1.29 is 32.2 Å². The van der Waals surface area contributed by atoms with E-state index >= 15 is 0 Å². The van der Waals surface area contributed by atoms with Crippen LogP contribution < -0.4 is 4.90 Å². The summed E-state index contributed by atoms with van der Waals surface area (Å²) in [6, 6.07) is 3.72. The summed E-state index contributed by atoms with van der Waals surface area (Å²) in [6.07, 6.45) is 2.32. The van der Waals surface area contributed by atoms with Gasteiger partial charge in [-0.2, -0.15) is 13.2 Å². The Hall–Kier alpha value is -2.68. The molecular formula is C18H16F3NO4S. The maximum Gasteiger partial charge on any atom is 0.418 e. The molecule has 0 bridgehead atoms. The number of allylic oxidation sites excluding steroid dienone is 2. The molecule has 0 amide bonds. The highest BCUT2D eigenvalue weighted by molar-refractivity contribution is 7.98. The number of nitrogens with zero attached hydrogens (tertiary/aromatic N) is 1. The second kappa shape index (κ2) is 8.34. The minimum absolute atomic E-state index is 0.226. The Labute approximate surface area is 158 Å². The molecule has 144 valence electrons. The fraction of sp³-hybridized carbons (Fsp3) is 0.222. The molecule has 0 spiro atoms. The van der Waals surface area contributed by atoms with Crippen molar-refractivity contribution in [3.63, 3.8) is 0 Å². The van der Waals surface area contributed by atoms with Gasteiger partial charge in [0.15, 0.2) is 0 Å². The van der Waals surface area contributed by atoms with Gasteiger partial charge in [-0.15, -0.1) is 11.8 Å². The van der Waals surface area contributed by atoms with E-state index in [-0.39, 0.29) is 17.0 Å². The first-order valence-corrected chi connectivity index (χ1v) is 8.77. The van der Waals surface area contributed by atoms with Crippen LogP contribution in [-0.4, -0.2) is 32.4 Å². The fourth-order valence-corrected chi connectivity index (χ4v) is 2.87. The number of rotatable bonds is 4. The molecule has 0 N–H and O–H groups in total. The van der Waals surface area contributed by atoms with E-state index in [1.165, 1.54) is 36.6 Å². The number of halogens is 3. The van der Waals surface area contributed by atoms with Gasteiger partial charge in [-0.05, 0) is 36.6 Å². The summed E-state index contributed by atoms with van der Waals surface area (Å²) in [6.45, 7) is 0. The van der Waals surface area contributed by atoms with Gasteiger partial charge in [0.25, 0.3) is 0 Å². The first-order chi connectivity index (χ1) is 12.7. The lowest BCUT2D eigenvalue weighted by Crippen LogP contribution is -2.28. The van der Waals surface area contributed by atoms with Gasteiger partial charge < -0.3 is 14.4 Å². The number of thioether (sulfide) groups is 1. The van der Waals surface area contributed by atoms with Crippen LogP contribution in [0.2, 0.25) is 0 Å². The third-order valence-corrected chi connectivity index (χ3v) is 4.38. The largest absolute Gasteiger partial charge is 0.465 e. The summed E-state index contributed by atoms with van der Waals surface area (Å²) in [4.78, 5) is 25.8. The van der Waals surface area contributed by atoms with E-state index in [0.29, 0.717) is 4.90 Å². The molecule has 0 fully saturated rings. The van der Waals surface area contributed by atoms with Crippen molar-refractivity contribution in [1.82, 2.24) is 0 Å². The lowest BCUT2D eigenvalue weighted by molar-refractivity contribution is -0.139. The lowest BCUT2D eigenvalue weighted by Gasteiger charge is -2.26. The molecule has 2 rings (SSSR count). The van der Waals surface area contributed by atoms with E-state index in [4.69, 9.17) is 4.74 Å². The normalized spacial score (nSPS) is 14.2. The molecule has 1 aliphatic heterocycles. The van der Waals surface area contributed by atoms with Crippen LogP contribution in [0.5, 0.6) is 0 Å². The lowest BCUT2D eigenvalue weighted by atomic mass is 10.1. The number of hydrogen-bond donors (Lipinski definition) is 0. The molecule has 27 heavy (non-hydrogen) atoms. The number of anilines is 1. The van der Waals surface area contributed by atoms with Crippen molar-refractivity contribution in [2.75, 3.05) is 25.4 Å². The van der Waals surface area contributed by atoms with Gasteiger partial charge in [0.05, 0.1) is 31.0 Å². The topological polar surface area (TPSA) is 55.8 Å². The predicted molar refractivity (Wildman–Crippen MR) is 95.0 cm³/mol. The third kappa shape index (κ3) is 4.36. The highest BCUT2D eigenvalue weighted by Crippen LogP contribution is 2.40. The molecule has 0 unspecified atom stereocenters. The van der Waals surface area contributed by atoms with Crippen LogP contribution in [0.1, 0.15) is 5.56 Å². The van der Waals surface area contributed by atoms with Crippen LogP contribution in [0.25, 0.3) is 0 Å². The number of ether oxygens (including phenoxy) is 2. The number of esters is 2. The quantitative estimate of drug-likeness (QED) is 0.565. The Morgan fingerprint density at radius 2 is 1.74 bits per heavy atom. The number of alkyl halides is 3. The Morgan fingerprint density at radius 3 is 2.30 bits per heavy atom. The number of benzene rings is 1. The van der Waals surface area contributed by atoms with Gasteiger partial charge in [-0.3, -0.25) is 0 Å². The molecule has 5 nitrogen and oxygen atoms in total. The fourth-order valence-electron chi connectivity index (χ4n) is 2.43. The van der Waals surface area contributed by atoms with Crippen LogP contribution in [0.4, 0.5) is 18.9 Å². The molecule has 0 aliphatic carbocycles. The van der Waals surface area contributed by atoms with E-state index in [1.807, 2.05) is 0 Å². The number of carbonyl (C=O) groups excluding carboxylic acids is 2. The predicted octanol–water partition coefficient (Wildman–Crippen LogP) is 3.92. The van der Waals surface area contributed by atoms with E-state index in [9.17, 15) is 22.8 Å². The molecule has 0 saturated carbocycles. The Bertz CT molecular complexity index is 843. The Morgan fingerprint density at radius 1 is 1.07 bits per heavy atom. The molecule has 1 heterocycles. The molecule has 0 radical (unpaired) electrons. The standard InChI is InChI=1S/C18H16F3NO4S/c1-25-16(23)12-6-4-5-9-22(15(12)17(24)26-2)14-8-7-11(27-3)10-13(14)18(19,20)21/h4-10H,1-3H3. The van der Waals surface area contributed by atoms with E-state index < -0.39 is 23.7 Å². The summed E-state index contributed by atoms with van der Waals surface area (Å²) in [7, 11) is 2.18. The molecule has 1 aromatic carbocycles. The zero-order valence-electron chi connectivity index (χ0n) is 14.7. The monoisotopic (exact) mass is 399 g/mol. The molecule has 0 aromatic heterocycles. The Balaban J connectivity index is 2.78. The van der Waals surface area contributed by atoms with Crippen molar-refractivity contribution in [2.45, 2.75) is 11.1 Å². The minimum Gasteiger partial charge on any atom is -0.465 e. The van der Waals surface area contributed by atoms with Crippen LogP contribution in [0.3, 0.4) is 0 Å².